The van der Waals surface area contributed by atoms with Crippen molar-refractivity contribution in [1.29, 1.82) is 0 Å². The van der Waals surface area contributed by atoms with E-state index in [1.165, 1.54) is 0 Å². The third-order valence-electron chi connectivity index (χ3n) is 4.88. The van der Waals surface area contributed by atoms with E-state index in [2.05, 4.69) is 15.3 Å². The van der Waals surface area contributed by atoms with Crippen LogP contribution in [0.5, 0.6) is 0 Å². The summed E-state index contributed by atoms with van der Waals surface area (Å²) in [5.74, 6) is -0.0887. The summed E-state index contributed by atoms with van der Waals surface area (Å²) in [4.78, 5) is 19.1. The van der Waals surface area contributed by atoms with Crippen LogP contribution in [0.25, 0.3) is 16.6 Å². The van der Waals surface area contributed by atoms with Gasteiger partial charge in [0, 0.05) is 30.8 Å². The van der Waals surface area contributed by atoms with Gasteiger partial charge in [0.15, 0.2) is 5.69 Å². The number of ether oxygens (including phenoxy) is 1. The zero-order chi connectivity index (χ0) is 18.1. The SMILES string of the molecule is Cc1c(C(=O)N2CCOCCC2C)nnn1-c1ccc2ncccc2c1. The molecule has 1 aliphatic heterocycles. The van der Waals surface area contributed by atoms with Crippen molar-refractivity contribution in [3.05, 3.63) is 47.9 Å². The highest BCUT2D eigenvalue weighted by atomic mass is 16.5. The lowest BCUT2D eigenvalue weighted by Crippen LogP contribution is -2.39. The summed E-state index contributed by atoms with van der Waals surface area (Å²) in [7, 11) is 0. The highest BCUT2D eigenvalue weighted by molar-refractivity contribution is 5.93. The van der Waals surface area contributed by atoms with E-state index in [4.69, 9.17) is 4.74 Å². The molecule has 0 radical (unpaired) electrons. The Morgan fingerprint density at radius 3 is 3.04 bits per heavy atom. The molecular formula is C19H21N5O2. The molecule has 0 N–H and O–H groups in total. The second kappa shape index (κ2) is 6.84. The zero-order valence-corrected chi connectivity index (χ0v) is 14.9. The summed E-state index contributed by atoms with van der Waals surface area (Å²) in [5, 5.41) is 9.42. The van der Waals surface area contributed by atoms with Crippen LogP contribution in [0.15, 0.2) is 36.5 Å². The van der Waals surface area contributed by atoms with Gasteiger partial charge in [0.2, 0.25) is 0 Å². The van der Waals surface area contributed by atoms with Gasteiger partial charge in [0.1, 0.15) is 0 Å². The molecule has 0 bridgehead atoms. The molecule has 1 unspecified atom stereocenters. The van der Waals surface area contributed by atoms with Crippen LogP contribution in [0, 0.1) is 6.92 Å². The number of pyridine rings is 1. The van der Waals surface area contributed by atoms with Gasteiger partial charge in [-0.05, 0) is 44.5 Å². The number of carbonyl (C=O) groups excluding carboxylic acids is 1. The van der Waals surface area contributed by atoms with Crippen molar-refractivity contribution in [2.24, 2.45) is 0 Å². The normalized spacial score (nSPS) is 18.1. The molecule has 1 aliphatic rings. The Morgan fingerprint density at radius 1 is 1.27 bits per heavy atom. The van der Waals surface area contributed by atoms with Gasteiger partial charge in [0.25, 0.3) is 5.91 Å². The molecule has 3 heterocycles. The quantitative estimate of drug-likeness (QED) is 0.709. The molecule has 1 fully saturated rings. The maximum absolute atomic E-state index is 13.0. The van der Waals surface area contributed by atoms with Gasteiger partial charge >= 0.3 is 0 Å². The lowest BCUT2D eigenvalue weighted by atomic mass is 10.2. The minimum absolute atomic E-state index is 0.0887. The molecule has 1 amide bonds. The molecule has 1 aromatic carbocycles. The van der Waals surface area contributed by atoms with Crippen LogP contribution >= 0.6 is 0 Å². The van der Waals surface area contributed by atoms with Crippen LogP contribution in [-0.4, -0.2) is 56.6 Å². The fraction of sp³-hybridized carbons (Fsp3) is 0.368. The lowest BCUT2D eigenvalue weighted by Gasteiger charge is -2.25. The zero-order valence-electron chi connectivity index (χ0n) is 14.9. The van der Waals surface area contributed by atoms with E-state index in [0.29, 0.717) is 25.5 Å². The summed E-state index contributed by atoms with van der Waals surface area (Å²) >= 11 is 0. The number of benzene rings is 1. The molecule has 7 heteroatoms. The number of carbonyl (C=O) groups is 1. The maximum atomic E-state index is 13.0. The first-order valence-corrected chi connectivity index (χ1v) is 8.81. The molecule has 134 valence electrons. The molecule has 7 nitrogen and oxygen atoms in total. The monoisotopic (exact) mass is 351 g/mol. The van der Waals surface area contributed by atoms with Gasteiger partial charge in [-0.15, -0.1) is 5.10 Å². The molecule has 0 saturated carbocycles. The summed E-state index contributed by atoms with van der Waals surface area (Å²) in [6.45, 7) is 5.74. The third-order valence-corrected chi connectivity index (χ3v) is 4.88. The Labute approximate surface area is 151 Å². The fourth-order valence-corrected chi connectivity index (χ4v) is 3.30. The Bertz CT molecular complexity index is 952. The fourth-order valence-electron chi connectivity index (χ4n) is 3.30. The minimum atomic E-state index is -0.0887. The highest BCUT2D eigenvalue weighted by Gasteiger charge is 2.27. The number of aromatic nitrogens is 4. The predicted octanol–water partition coefficient (Wildman–Crippen LogP) is 2.37. The van der Waals surface area contributed by atoms with E-state index in [9.17, 15) is 4.79 Å². The van der Waals surface area contributed by atoms with Crippen LogP contribution in [0.2, 0.25) is 0 Å². The summed E-state index contributed by atoms with van der Waals surface area (Å²) in [6, 6.07) is 9.91. The number of rotatable bonds is 2. The average Bonchev–Trinajstić information content (AvgIpc) is 2.91. The molecule has 2 aromatic heterocycles. The summed E-state index contributed by atoms with van der Waals surface area (Å²) in [5.41, 5.74) is 2.91. The first kappa shape index (κ1) is 16.7. The highest BCUT2D eigenvalue weighted by Crippen LogP contribution is 2.20. The Balaban J connectivity index is 1.67. The molecule has 0 spiro atoms. The van der Waals surface area contributed by atoms with Crippen LogP contribution in [-0.2, 0) is 4.74 Å². The first-order chi connectivity index (χ1) is 12.6. The minimum Gasteiger partial charge on any atom is -0.380 e. The van der Waals surface area contributed by atoms with Crippen molar-refractivity contribution in [1.82, 2.24) is 24.9 Å². The molecule has 3 aromatic rings. The van der Waals surface area contributed by atoms with Crippen molar-refractivity contribution in [3.63, 3.8) is 0 Å². The molecule has 1 saturated heterocycles. The third kappa shape index (κ3) is 2.94. The average molecular weight is 351 g/mol. The summed E-state index contributed by atoms with van der Waals surface area (Å²) < 4.78 is 7.19. The standard InChI is InChI=1S/C19H21N5O2/c1-13-7-10-26-11-9-23(13)19(25)18-14(2)24(22-21-18)16-5-6-17-15(12-16)4-3-8-20-17/h3-6,8,12-13H,7,9-11H2,1-2H3. The van der Waals surface area contributed by atoms with E-state index >= 15 is 0 Å². The van der Waals surface area contributed by atoms with Crippen molar-refractivity contribution in [2.75, 3.05) is 19.8 Å². The van der Waals surface area contributed by atoms with Gasteiger partial charge in [0.05, 0.1) is 23.5 Å². The van der Waals surface area contributed by atoms with Gasteiger partial charge in [-0.1, -0.05) is 11.3 Å². The van der Waals surface area contributed by atoms with Gasteiger partial charge in [-0.25, -0.2) is 4.68 Å². The Kier molecular flexibility index (Phi) is 4.38. The summed E-state index contributed by atoms with van der Waals surface area (Å²) in [6.07, 6.45) is 2.60. The number of amides is 1. The number of nitrogens with zero attached hydrogens (tertiary/aromatic N) is 5. The predicted molar refractivity (Wildman–Crippen MR) is 97.3 cm³/mol. The van der Waals surface area contributed by atoms with E-state index in [1.807, 2.05) is 49.1 Å². The maximum Gasteiger partial charge on any atom is 0.276 e. The number of hydrogen-bond donors (Lipinski definition) is 0. The van der Waals surface area contributed by atoms with Crippen LogP contribution in [0.3, 0.4) is 0 Å². The van der Waals surface area contributed by atoms with Gasteiger partial charge < -0.3 is 9.64 Å². The van der Waals surface area contributed by atoms with E-state index in [0.717, 1.165) is 28.7 Å². The van der Waals surface area contributed by atoms with Gasteiger partial charge in [-0.3, -0.25) is 9.78 Å². The Morgan fingerprint density at radius 2 is 2.15 bits per heavy atom. The largest absolute Gasteiger partial charge is 0.380 e. The lowest BCUT2D eigenvalue weighted by molar-refractivity contribution is 0.0680. The second-order valence-corrected chi connectivity index (χ2v) is 6.56. The smallest absolute Gasteiger partial charge is 0.276 e. The molecule has 0 aliphatic carbocycles. The first-order valence-electron chi connectivity index (χ1n) is 8.81. The van der Waals surface area contributed by atoms with E-state index < -0.39 is 0 Å². The van der Waals surface area contributed by atoms with Crippen LogP contribution < -0.4 is 0 Å². The Hall–Kier alpha value is -2.80. The van der Waals surface area contributed by atoms with Crippen LogP contribution in [0.1, 0.15) is 29.5 Å². The molecule has 26 heavy (non-hydrogen) atoms. The van der Waals surface area contributed by atoms with Crippen molar-refractivity contribution in [2.45, 2.75) is 26.3 Å². The molecular weight excluding hydrogens is 330 g/mol. The van der Waals surface area contributed by atoms with Gasteiger partial charge in [-0.2, -0.15) is 0 Å². The van der Waals surface area contributed by atoms with Crippen molar-refractivity contribution >= 4 is 16.8 Å². The topological polar surface area (TPSA) is 73.1 Å². The van der Waals surface area contributed by atoms with E-state index in [-0.39, 0.29) is 11.9 Å². The molecule has 1 atom stereocenters. The second-order valence-electron chi connectivity index (χ2n) is 6.56. The van der Waals surface area contributed by atoms with Crippen molar-refractivity contribution < 1.29 is 9.53 Å². The molecule has 4 rings (SSSR count). The van der Waals surface area contributed by atoms with Crippen molar-refractivity contribution in [3.8, 4) is 5.69 Å². The number of hydrogen-bond acceptors (Lipinski definition) is 5. The van der Waals surface area contributed by atoms with Crippen LogP contribution in [0.4, 0.5) is 0 Å². The number of fused-ring (bicyclic) bond motifs is 1. The van der Waals surface area contributed by atoms with E-state index in [1.54, 1.807) is 10.9 Å².